The molecule has 0 fully saturated rings. The van der Waals surface area contributed by atoms with Crippen LogP contribution in [0.3, 0.4) is 0 Å². The van der Waals surface area contributed by atoms with Crippen LogP contribution in [0.2, 0.25) is 0 Å². The van der Waals surface area contributed by atoms with E-state index in [1.54, 1.807) is 18.2 Å². The standard InChI is InChI=1S/C19H23N3O3S/c1-21(2)17-7-4-14(5-8-17)13-20-19(23)16-6-9-18-15(12-16)10-11-22(18)26(3,24)25/h4-9,12H,10-11,13H2,1-3H3,(H,20,23). The molecule has 0 atom stereocenters. The molecule has 0 aliphatic carbocycles. The number of benzene rings is 2. The van der Waals surface area contributed by atoms with Gasteiger partial charge in [-0.1, -0.05) is 12.1 Å². The van der Waals surface area contributed by atoms with E-state index in [4.69, 9.17) is 0 Å². The van der Waals surface area contributed by atoms with Gasteiger partial charge >= 0.3 is 0 Å². The van der Waals surface area contributed by atoms with Gasteiger partial charge in [0.25, 0.3) is 5.91 Å². The summed E-state index contributed by atoms with van der Waals surface area (Å²) in [5, 5.41) is 2.91. The predicted molar refractivity (Wildman–Crippen MR) is 104 cm³/mol. The van der Waals surface area contributed by atoms with Gasteiger partial charge in [-0.25, -0.2) is 8.42 Å². The summed E-state index contributed by atoms with van der Waals surface area (Å²) in [7, 11) is 0.688. The largest absolute Gasteiger partial charge is 0.378 e. The molecule has 1 amide bonds. The van der Waals surface area contributed by atoms with Crippen LogP contribution in [0.15, 0.2) is 42.5 Å². The number of hydrogen-bond acceptors (Lipinski definition) is 4. The van der Waals surface area contributed by atoms with Crippen molar-refractivity contribution in [3.05, 3.63) is 59.2 Å². The van der Waals surface area contributed by atoms with Gasteiger partial charge in [-0.15, -0.1) is 0 Å². The molecule has 7 heteroatoms. The van der Waals surface area contributed by atoms with E-state index < -0.39 is 10.0 Å². The van der Waals surface area contributed by atoms with Crippen LogP contribution < -0.4 is 14.5 Å². The molecule has 2 aromatic rings. The second kappa shape index (κ2) is 6.99. The molecular weight excluding hydrogens is 350 g/mol. The van der Waals surface area contributed by atoms with Crippen LogP contribution in [-0.4, -0.2) is 41.2 Å². The van der Waals surface area contributed by atoms with Crippen molar-refractivity contribution in [2.24, 2.45) is 0 Å². The van der Waals surface area contributed by atoms with Crippen molar-refractivity contribution in [1.82, 2.24) is 5.32 Å². The van der Waals surface area contributed by atoms with Crippen molar-refractivity contribution in [2.45, 2.75) is 13.0 Å². The van der Waals surface area contributed by atoms with Crippen molar-refractivity contribution >= 4 is 27.3 Å². The zero-order valence-corrected chi connectivity index (χ0v) is 16.0. The van der Waals surface area contributed by atoms with Gasteiger partial charge in [-0.3, -0.25) is 9.10 Å². The van der Waals surface area contributed by atoms with Crippen LogP contribution in [0.5, 0.6) is 0 Å². The Morgan fingerprint density at radius 1 is 1.15 bits per heavy atom. The lowest BCUT2D eigenvalue weighted by molar-refractivity contribution is 0.0951. The van der Waals surface area contributed by atoms with E-state index in [9.17, 15) is 13.2 Å². The molecule has 1 N–H and O–H groups in total. The van der Waals surface area contributed by atoms with Gasteiger partial charge < -0.3 is 10.2 Å². The Kier molecular flexibility index (Phi) is 4.91. The Labute approximate surface area is 154 Å². The molecule has 1 heterocycles. The first-order valence-corrected chi connectivity index (χ1v) is 10.3. The molecule has 0 bridgehead atoms. The lowest BCUT2D eigenvalue weighted by Crippen LogP contribution is -2.27. The molecule has 0 unspecified atom stereocenters. The second-order valence-corrected chi connectivity index (χ2v) is 8.58. The van der Waals surface area contributed by atoms with Crippen LogP contribution >= 0.6 is 0 Å². The van der Waals surface area contributed by atoms with Gasteiger partial charge in [0.15, 0.2) is 0 Å². The first kappa shape index (κ1) is 18.3. The van der Waals surface area contributed by atoms with Gasteiger partial charge in [0, 0.05) is 38.4 Å². The first-order valence-electron chi connectivity index (χ1n) is 8.41. The van der Waals surface area contributed by atoms with E-state index >= 15 is 0 Å². The fourth-order valence-corrected chi connectivity index (χ4v) is 4.01. The van der Waals surface area contributed by atoms with Crippen molar-refractivity contribution in [3.8, 4) is 0 Å². The molecule has 0 saturated heterocycles. The number of fused-ring (bicyclic) bond motifs is 1. The van der Waals surface area contributed by atoms with E-state index in [2.05, 4.69) is 5.32 Å². The molecule has 6 nitrogen and oxygen atoms in total. The monoisotopic (exact) mass is 373 g/mol. The summed E-state index contributed by atoms with van der Waals surface area (Å²) in [4.78, 5) is 14.4. The Morgan fingerprint density at radius 3 is 2.46 bits per heavy atom. The van der Waals surface area contributed by atoms with E-state index in [0.29, 0.717) is 30.8 Å². The minimum Gasteiger partial charge on any atom is -0.378 e. The van der Waals surface area contributed by atoms with Crippen molar-refractivity contribution in [1.29, 1.82) is 0 Å². The Balaban J connectivity index is 1.67. The third-order valence-corrected chi connectivity index (χ3v) is 5.68. The zero-order chi connectivity index (χ0) is 18.9. The summed E-state index contributed by atoms with van der Waals surface area (Å²) in [6.45, 7) is 0.872. The van der Waals surface area contributed by atoms with Gasteiger partial charge in [-0.05, 0) is 47.9 Å². The van der Waals surface area contributed by atoms with Crippen molar-refractivity contribution in [3.63, 3.8) is 0 Å². The molecule has 0 saturated carbocycles. The summed E-state index contributed by atoms with van der Waals surface area (Å²) >= 11 is 0. The molecule has 3 rings (SSSR count). The summed E-state index contributed by atoms with van der Waals surface area (Å²) in [5.41, 5.74) is 4.23. The number of anilines is 2. The number of sulfonamides is 1. The Morgan fingerprint density at radius 2 is 1.85 bits per heavy atom. The summed E-state index contributed by atoms with van der Waals surface area (Å²) in [6, 6.07) is 13.2. The van der Waals surface area contributed by atoms with E-state index in [1.807, 2.05) is 43.3 Å². The fraction of sp³-hybridized carbons (Fsp3) is 0.316. The molecule has 138 valence electrons. The van der Waals surface area contributed by atoms with E-state index in [1.165, 1.54) is 10.6 Å². The highest BCUT2D eigenvalue weighted by molar-refractivity contribution is 7.92. The second-order valence-electron chi connectivity index (χ2n) is 6.67. The maximum Gasteiger partial charge on any atom is 0.251 e. The number of carbonyl (C=O) groups is 1. The van der Waals surface area contributed by atoms with Gasteiger partial charge in [0.05, 0.1) is 11.9 Å². The molecule has 1 aliphatic rings. The fourth-order valence-electron chi connectivity index (χ4n) is 3.05. The minimum atomic E-state index is -3.28. The van der Waals surface area contributed by atoms with Gasteiger partial charge in [-0.2, -0.15) is 0 Å². The summed E-state index contributed by atoms with van der Waals surface area (Å²) in [5.74, 6) is -0.165. The average Bonchev–Trinajstić information content (AvgIpc) is 3.03. The normalized spacial score (nSPS) is 13.4. The summed E-state index contributed by atoms with van der Waals surface area (Å²) < 4.78 is 25.0. The van der Waals surface area contributed by atoms with Crippen LogP contribution in [0.25, 0.3) is 0 Å². The number of nitrogens with one attached hydrogen (secondary N) is 1. The smallest absolute Gasteiger partial charge is 0.251 e. The summed E-state index contributed by atoms with van der Waals surface area (Å²) in [6.07, 6.45) is 1.82. The predicted octanol–water partition coefficient (Wildman–Crippen LogP) is 2.00. The highest BCUT2D eigenvalue weighted by Gasteiger charge is 2.26. The van der Waals surface area contributed by atoms with Crippen LogP contribution in [0, 0.1) is 0 Å². The highest BCUT2D eigenvalue weighted by atomic mass is 32.2. The van der Waals surface area contributed by atoms with Crippen molar-refractivity contribution in [2.75, 3.05) is 36.1 Å². The van der Waals surface area contributed by atoms with Crippen LogP contribution in [0.1, 0.15) is 21.5 Å². The third-order valence-electron chi connectivity index (χ3n) is 4.50. The average molecular weight is 373 g/mol. The quantitative estimate of drug-likeness (QED) is 0.870. The molecule has 26 heavy (non-hydrogen) atoms. The van der Waals surface area contributed by atoms with Gasteiger partial charge in [0.2, 0.25) is 10.0 Å². The number of rotatable bonds is 5. The minimum absolute atomic E-state index is 0.165. The first-order chi connectivity index (χ1) is 12.3. The van der Waals surface area contributed by atoms with Gasteiger partial charge in [0.1, 0.15) is 0 Å². The molecule has 0 aromatic heterocycles. The number of hydrogen-bond donors (Lipinski definition) is 1. The Hall–Kier alpha value is -2.54. The molecule has 2 aromatic carbocycles. The van der Waals surface area contributed by atoms with E-state index in [0.717, 1.165) is 16.8 Å². The van der Waals surface area contributed by atoms with Crippen LogP contribution in [-0.2, 0) is 23.0 Å². The maximum atomic E-state index is 12.4. The van der Waals surface area contributed by atoms with Crippen LogP contribution in [0.4, 0.5) is 11.4 Å². The lowest BCUT2D eigenvalue weighted by Gasteiger charge is -2.16. The number of carbonyl (C=O) groups excluding carboxylic acids is 1. The maximum absolute atomic E-state index is 12.4. The third kappa shape index (κ3) is 3.83. The topological polar surface area (TPSA) is 69.7 Å². The Bertz CT molecular complexity index is 922. The van der Waals surface area contributed by atoms with E-state index in [-0.39, 0.29) is 5.91 Å². The molecular formula is C19H23N3O3S. The SMILES string of the molecule is CN(C)c1ccc(CNC(=O)c2ccc3c(c2)CCN3S(C)(=O)=O)cc1. The number of nitrogens with zero attached hydrogens (tertiary/aromatic N) is 2. The molecule has 0 spiro atoms. The highest BCUT2D eigenvalue weighted by Crippen LogP contribution is 2.30. The number of amides is 1. The lowest BCUT2D eigenvalue weighted by atomic mass is 10.1. The molecule has 0 radical (unpaired) electrons. The van der Waals surface area contributed by atoms with Crippen molar-refractivity contribution < 1.29 is 13.2 Å². The zero-order valence-electron chi connectivity index (χ0n) is 15.2. The molecule has 1 aliphatic heterocycles.